The average Bonchev–Trinajstić information content (AvgIpc) is 2.37. The van der Waals surface area contributed by atoms with E-state index < -0.39 is 62.5 Å². The fraction of sp³-hybridized carbons (Fsp3) is 0.750. The zero-order valence-corrected chi connectivity index (χ0v) is 12.0. The Balaban J connectivity index is 4.45. The van der Waals surface area contributed by atoms with Gasteiger partial charge in [-0.25, -0.2) is 13.6 Å². The van der Waals surface area contributed by atoms with Crippen LogP contribution in [0.1, 0.15) is 6.42 Å². The van der Waals surface area contributed by atoms with Crippen LogP contribution in [0.5, 0.6) is 0 Å². The lowest BCUT2D eigenvalue weighted by atomic mass is 10.1. The summed E-state index contributed by atoms with van der Waals surface area (Å²) in [5, 5.41) is 9.19. The molecule has 0 aliphatic carbocycles. The van der Waals surface area contributed by atoms with Gasteiger partial charge in [-0.15, -0.1) is 0 Å². The van der Waals surface area contributed by atoms with Crippen molar-refractivity contribution in [3.8, 4) is 0 Å². The highest BCUT2D eigenvalue weighted by molar-refractivity contribution is 5.81. The Hall–Kier alpha value is -1.43. The molecule has 0 aliphatic heterocycles. The molecule has 0 fully saturated rings. The van der Waals surface area contributed by atoms with Gasteiger partial charge in [0.05, 0.1) is 12.7 Å². The number of rotatable bonds is 9. The van der Waals surface area contributed by atoms with Crippen molar-refractivity contribution in [1.29, 1.82) is 0 Å². The highest BCUT2D eigenvalue weighted by atomic mass is 19.4. The minimum atomic E-state index is -5.70. The van der Waals surface area contributed by atoms with Gasteiger partial charge >= 0.3 is 18.3 Å². The van der Waals surface area contributed by atoms with Crippen molar-refractivity contribution < 1.29 is 54.5 Å². The summed E-state index contributed by atoms with van der Waals surface area (Å²) >= 11 is 0. The normalized spacial score (nSPS) is 14.6. The van der Waals surface area contributed by atoms with Gasteiger partial charge in [0, 0.05) is 12.5 Å². The van der Waals surface area contributed by atoms with Crippen molar-refractivity contribution in [2.24, 2.45) is 5.92 Å². The van der Waals surface area contributed by atoms with Gasteiger partial charge in [0.25, 0.3) is 5.92 Å². The lowest BCUT2D eigenvalue weighted by molar-refractivity contribution is -0.297. The summed E-state index contributed by atoms with van der Waals surface area (Å²) in [5.41, 5.74) is 0. The molecule has 0 aromatic rings. The first-order chi connectivity index (χ1) is 10.7. The Kier molecular flexibility index (Phi) is 8.09. The van der Waals surface area contributed by atoms with Crippen molar-refractivity contribution in [2.75, 3.05) is 19.8 Å². The van der Waals surface area contributed by atoms with Gasteiger partial charge in [0.15, 0.2) is 5.92 Å². The Labute approximate surface area is 131 Å². The van der Waals surface area contributed by atoms with Crippen LogP contribution in [-0.2, 0) is 14.3 Å². The van der Waals surface area contributed by atoms with Gasteiger partial charge in [-0.1, -0.05) is 6.58 Å². The number of hydrogen-bond donors (Lipinski definition) is 1. The summed E-state index contributed by atoms with van der Waals surface area (Å²) in [6.45, 7) is -1.66. The lowest BCUT2D eigenvalue weighted by Gasteiger charge is -2.24. The maximum atomic E-state index is 13.3. The van der Waals surface area contributed by atoms with E-state index in [2.05, 4.69) is 16.1 Å². The van der Waals surface area contributed by atoms with Gasteiger partial charge in [0.2, 0.25) is 0 Å². The van der Waals surface area contributed by atoms with E-state index in [9.17, 15) is 45.0 Å². The van der Waals surface area contributed by atoms with Crippen LogP contribution in [-0.4, -0.2) is 55.3 Å². The van der Waals surface area contributed by atoms with Gasteiger partial charge in [-0.2, -0.15) is 26.3 Å². The summed E-state index contributed by atoms with van der Waals surface area (Å²) in [4.78, 5) is 10.6. The Morgan fingerprint density at radius 1 is 1.04 bits per heavy atom. The first-order valence-corrected chi connectivity index (χ1v) is 6.25. The van der Waals surface area contributed by atoms with Gasteiger partial charge in [-0.05, 0) is 0 Å². The number of hydrogen-bond acceptors (Lipinski definition) is 4. The van der Waals surface area contributed by atoms with E-state index in [1.54, 1.807) is 0 Å². The third-order valence-corrected chi connectivity index (χ3v) is 2.51. The van der Waals surface area contributed by atoms with Crippen molar-refractivity contribution >= 4 is 5.97 Å². The van der Waals surface area contributed by atoms with Crippen LogP contribution in [0.25, 0.3) is 0 Å². The highest BCUT2D eigenvalue weighted by Crippen LogP contribution is 2.39. The molecule has 0 rings (SSSR count). The fourth-order valence-corrected chi connectivity index (χ4v) is 1.40. The lowest BCUT2D eigenvalue weighted by Crippen LogP contribution is -2.41. The van der Waals surface area contributed by atoms with Crippen molar-refractivity contribution in [2.45, 2.75) is 30.8 Å². The molecule has 0 saturated heterocycles. The molecule has 4 nitrogen and oxygen atoms in total. The monoisotopic (exact) mass is 374 g/mol. The van der Waals surface area contributed by atoms with E-state index in [0.717, 1.165) is 0 Å². The molecule has 1 atom stereocenters. The van der Waals surface area contributed by atoms with E-state index in [-0.39, 0.29) is 0 Å². The predicted octanol–water partition coefficient (Wildman–Crippen LogP) is 2.86. The molecule has 0 saturated carbocycles. The average molecular weight is 374 g/mol. The summed E-state index contributed by atoms with van der Waals surface area (Å²) < 4.78 is 108. The molecule has 142 valence electrons. The number of alkyl halides is 8. The number of halogens is 8. The third kappa shape index (κ3) is 9.01. The SMILES string of the molecule is C=CC(=O)OCC(O)CC(F)(F)COCC(C(F)(F)F)C(F)(F)F. The number of esters is 1. The molecular formula is C12H14F8O4. The van der Waals surface area contributed by atoms with E-state index in [4.69, 9.17) is 0 Å². The minimum absolute atomic E-state index is 0.697. The molecule has 1 unspecified atom stereocenters. The van der Waals surface area contributed by atoms with Gasteiger partial charge < -0.3 is 14.6 Å². The summed E-state index contributed by atoms with van der Waals surface area (Å²) in [6, 6.07) is 0. The van der Waals surface area contributed by atoms with Crippen molar-refractivity contribution in [3.63, 3.8) is 0 Å². The largest absolute Gasteiger partial charge is 0.460 e. The molecule has 0 spiro atoms. The number of aliphatic hydroxyl groups excluding tert-OH is 1. The highest BCUT2D eigenvalue weighted by Gasteiger charge is 2.56. The Morgan fingerprint density at radius 2 is 1.54 bits per heavy atom. The molecule has 0 bridgehead atoms. The van der Waals surface area contributed by atoms with E-state index in [1.165, 1.54) is 0 Å². The van der Waals surface area contributed by atoms with Gasteiger partial charge in [0.1, 0.15) is 13.2 Å². The van der Waals surface area contributed by atoms with Crippen LogP contribution in [0.4, 0.5) is 35.1 Å². The molecule has 12 heteroatoms. The zero-order chi connectivity index (χ0) is 19.2. The molecule has 0 amide bonds. The fourth-order valence-electron chi connectivity index (χ4n) is 1.40. The Bertz CT molecular complexity index is 404. The predicted molar refractivity (Wildman–Crippen MR) is 63.1 cm³/mol. The van der Waals surface area contributed by atoms with Crippen LogP contribution in [0.15, 0.2) is 12.7 Å². The number of carbonyl (C=O) groups excluding carboxylic acids is 1. The molecule has 1 N–H and O–H groups in total. The first-order valence-electron chi connectivity index (χ1n) is 6.25. The molecule has 0 aromatic heterocycles. The van der Waals surface area contributed by atoms with E-state index in [1.807, 2.05) is 0 Å². The molecule has 24 heavy (non-hydrogen) atoms. The Morgan fingerprint density at radius 3 is 1.96 bits per heavy atom. The molecular weight excluding hydrogens is 360 g/mol. The molecule has 0 radical (unpaired) electrons. The van der Waals surface area contributed by atoms with E-state index in [0.29, 0.717) is 6.08 Å². The number of ether oxygens (including phenoxy) is 2. The third-order valence-electron chi connectivity index (χ3n) is 2.51. The van der Waals surface area contributed by atoms with Crippen LogP contribution in [0.3, 0.4) is 0 Å². The summed E-state index contributed by atoms with van der Waals surface area (Å²) in [6.07, 6.45) is -14.0. The second-order valence-electron chi connectivity index (χ2n) is 4.70. The maximum Gasteiger partial charge on any atom is 0.402 e. The summed E-state index contributed by atoms with van der Waals surface area (Å²) in [5.74, 6) is -8.84. The van der Waals surface area contributed by atoms with Crippen LogP contribution >= 0.6 is 0 Å². The minimum Gasteiger partial charge on any atom is -0.460 e. The molecule has 0 heterocycles. The number of carbonyl (C=O) groups is 1. The first kappa shape index (κ1) is 22.6. The quantitative estimate of drug-likeness (QED) is 0.383. The standard InChI is InChI=1S/C12H14F8O4/c1-2-9(22)24-4-7(21)3-10(13,14)6-23-5-8(11(15,16)17)12(18,19)20/h2,7-8,21H,1,3-6H2. The van der Waals surface area contributed by atoms with Crippen LogP contribution in [0, 0.1) is 5.92 Å². The maximum absolute atomic E-state index is 13.3. The van der Waals surface area contributed by atoms with Crippen LogP contribution in [0.2, 0.25) is 0 Å². The summed E-state index contributed by atoms with van der Waals surface area (Å²) in [7, 11) is 0. The number of aliphatic hydroxyl groups is 1. The smallest absolute Gasteiger partial charge is 0.402 e. The van der Waals surface area contributed by atoms with Crippen LogP contribution < -0.4 is 0 Å². The zero-order valence-electron chi connectivity index (χ0n) is 12.0. The van der Waals surface area contributed by atoms with Gasteiger partial charge in [-0.3, -0.25) is 0 Å². The van der Waals surface area contributed by atoms with Crippen molar-refractivity contribution in [3.05, 3.63) is 12.7 Å². The molecule has 0 aliphatic rings. The molecule has 0 aromatic carbocycles. The second kappa shape index (κ2) is 8.60. The van der Waals surface area contributed by atoms with Crippen molar-refractivity contribution in [1.82, 2.24) is 0 Å². The topological polar surface area (TPSA) is 55.8 Å². The van der Waals surface area contributed by atoms with E-state index >= 15 is 0 Å². The second-order valence-corrected chi connectivity index (χ2v) is 4.70.